The molecule has 0 aliphatic rings. The Balaban J connectivity index is 2.12. The van der Waals surface area contributed by atoms with Crippen molar-refractivity contribution in [1.29, 1.82) is 0 Å². The molecule has 0 aliphatic heterocycles. The Morgan fingerprint density at radius 1 is 1.30 bits per heavy atom. The Bertz CT molecular complexity index is 539. The molecule has 5 heteroatoms. The first-order valence-electron chi connectivity index (χ1n) is 6.64. The summed E-state index contributed by atoms with van der Waals surface area (Å²) in [6.07, 6.45) is 0.876. The van der Waals surface area contributed by atoms with Crippen LogP contribution in [0, 0.1) is 0 Å². The number of halogens is 1. The van der Waals surface area contributed by atoms with Crippen LogP contribution in [0.3, 0.4) is 0 Å². The van der Waals surface area contributed by atoms with E-state index in [1.54, 1.807) is 18.4 Å². The molecule has 1 aromatic carbocycles. The number of hydrogen-bond donors (Lipinski definition) is 1. The van der Waals surface area contributed by atoms with Gasteiger partial charge in [0.2, 0.25) is 0 Å². The van der Waals surface area contributed by atoms with Gasteiger partial charge in [-0.25, -0.2) is 4.98 Å². The number of hydrogen-bond acceptors (Lipinski definition) is 4. The van der Waals surface area contributed by atoms with Gasteiger partial charge in [0, 0.05) is 29.4 Å². The van der Waals surface area contributed by atoms with E-state index < -0.39 is 0 Å². The van der Waals surface area contributed by atoms with Gasteiger partial charge in [-0.05, 0) is 24.2 Å². The molecule has 0 atom stereocenters. The van der Waals surface area contributed by atoms with Crippen LogP contribution in [-0.2, 0) is 24.3 Å². The smallest absolute Gasteiger partial charge is 0.0976 e. The van der Waals surface area contributed by atoms with Crippen LogP contribution in [0.1, 0.15) is 28.1 Å². The average molecular weight is 355 g/mol. The van der Waals surface area contributed by atoms with Gasteiger partial charge in [-0.15, -0.1) is 11.3 Å². The molecular formula is C15H19BrN2OS. The molecule has 2 rings (SSSR count). The molecule has 20 heavy (non-hydrogen) atoms. The van der Waals surface area contributed by atoms with E-state index in [0.29, 0.717) is 6.61 Å². The van der Waals surface area contributed by atoms with E-state index in [0.717, 1.165) is 34.7 Å². The Labute approximate surface area is 132 Å². The van der Waals surface area contributed by atoms with E-state index >= 15 is 0 Å². The fraction of sp³-hybridized carbons (Fsp3) is 0.400. The zero-order chi connectivity index (χ0) is 14.4. The van der Waals surface area contributed by atoms with Crippen molar-refractivity contribution < 1.29 is 4.74 Å². The number of aromatic nitrogens is 1. The maximum Gasteiger partial charge on any atom is 0.0976 e. The van der Waals surface area contributed by atoms with E-state index in [2.05, 4.69) is 52.4 Å². The van der Waals surface area contributed by atoms with E-state index in [1.807, 2.05) is 0 Å². The second-order valence-corrected chi connectivity index (χ2v) is 6.58. The van der Waals surface area contributed by atoms with Crippen LogP contribution in [0.5, 0.6) is 0 Å². The maximum atomic E-state index is 5.24. The standard InChI is InChI=1S/C15H19BrN2OS/c1-3-17-9-14-13(10-19-2)18-15(20-14)8-11-4-6-12(16)7-5-11/h4-7,17H,3,8-10H2,1-2H3. The summed E-state index contributed by atoms with van der Waals surface area (Å²) in [5.41, 5.74) is 2.34. The molecule has 2 aromatic rings. The lowest BCUT2D eigenvalue weighted by Gasteiger charge is -2.00. The van der Waals surface area contributed by atoms with Crippen LogP contribution in [-0.4, -0.2) is 18.6 Å². The molecule has 1 N–H and O–H groups in total. The maximum absolute atomic E-state index is 5.24. The summed E-state index contributed by atoms with van der Waals surface area (Å²) in [5, 5.41) is 4.50. The van der Waals surface area contributed by atoms with Crippen molar-refractivity contribution in [3.8, 4) is 0 Å². The highest BCUT2D eigenvalue weighted by molar-refractivity contribution is 9.10. The molecule has 0 unspecified atom stereocenters. The van der Waals surface area contributed by atoms with Gasteiger partial charge in [0.15, 0.2) is 0 Å². The van der Waals surface area contributed by atoms with E-state index in [1.165, 1.54) is 10.4 Å². The number of rotatable bonds is 7. The number of methoxy groups -OCH3 is 1. The molecule has 108 valence electrons. The first kappa shape index (κ1) is 15.6. The summed E-state index contributed by atoms with van der Waals surface area (Å²) in [6.45, 7) is 4.52. The van der Waals surface area contributed by atoms with Gasteiger partial charge in [-0.3, -0.25) is 0 Å². The van der Waals surface area contributed by atoms with Gasteiger partial charge in [-0.1, -0.05) is 35.0 Å². The van der Waals surface area contributed by atoms with Crippen molar-refractivity contribution >= 4 is 27.3 Å². The van der Waals surface area contributed by atoms with Crippen LogP contribution in [0.4, 0.5) is 0 Å². The molecule has 0 saturated carbocycles. The Kier molecular flexibility index (Phi) is 6.16. The zero-order valence-electron chi connectivity index (χ0n) is 11.8. The molecule has 0 radical (unpaired) electrons. The van der Waals surface area contributed by atoms with Gasteiger partial charge in [0.1, 0.15) is 0 Å². The molecule has 1 aromatic heterocycles. The highest BCUT2D eigenvalue weighted by Gasteiger charge is 2.11. The van der Waals surface area contributed by atoms with Crippen molar-refractivity contribution in [2.45, 2.75) is 26.5 Å². The van der Waals surface area contributed by atoms with Gasteiger partial charge in [-0.2, -0.15) is 0 Å². The van der Waals surface area contributed by atoms with Crippen LogP contribution < -0.4 is 5.32 Å². The molecule has 0 aliphatic carbocycles. The van der Waals surface area contributed by atoms with Crippen LogP contribution in [0.15, 0.2) is 28.7 Å². The molecule has 3 nitrogen and oxygen atoms in total. The minimum absolute atomic E-state index is 0.581. The molecule has 0 amide bonds. The highest BCUT2D eigenvalue weighted by Crippen LogP contribution is 2.22. The number of thiazole rings is 1. The summed E-state index contributed by atoms with van der Waals surface area (Å²) >= 11 is 5.23. The summed E-state index contributed by atoms with van der Waals surface area (Å²) in [4.78, 5) is 5.99. The predicted octanol–water partition coefficient (Wildman–Crippen LogP) is 3.75. The van der Waals surface area contributed by atoms with Crippen molar-refractivity contribution in [2.75, 3.05) is 13.7 Å². The molecular weight excluding hydrogens is 336 g/mol. The minimum atomic E-state index is 0.581. The van der Waals surface area contributed by atoms with Crippen LogP contribution >= 0.6 is 27.3 Å². The third-order valence-corrected chi connectivity index (χ3v) is 4.53. The fourth-order valence-electron chi connectivity index (χ4n) is 1.92. The topological polar surface area (TPSA) is 34.2 Å². The normalized spacial score (nSPS) is 10.9. The summed E-state index contributed by atoms with van der Waals surface area (Å²) in [7, 11) is 1.71. The first-order chi connectivity index (χ1) is 9.72. The Morgan fingerprint density at radius 3 is 2.70 bits per heavy atom. The first-order valence-corrected chi connectivity index (χ1v) is 8.25. The minimum Gasteiger partial charge on any atom is -0.378 e. The molecule has 0 spiro atoms. The lowest BCUT2D eigenvalue weighted by atomic mass is 10.2. The average Bonchev–Trinajstić information content (AvgIpc) is 2.81. The lowest BCUT2D eigenvalue weighted by Crippen LogP contribution is -2.12. The predicted molar refractivity (Wildman–Crippen MR) is 87.2 cm³/mol. The van der Waals surface area contributed by atoms with Gasteiger partial charge in [0.05, 0.1) is 17.3 Å². The van der Waals surface area contributed by atoms with E-state index in [9.17, 15) is 0 Å². The molecule has 1 heterocycles. The van der Waals surface area contributed by atoms with Crippen molar-refractivity contribution in [1.82, 2.24) is 10.3 Å². The van der Waals surface area contributed by atoms with Crippen LogP contribution in [0.25, 0.3) is 0 Å². The van der Waals surface area contributed by atoms with Gasteiger partial charge < -0.3 is 10.1 Å². The number of benzene rings is 1. The number of ether oxygens (including phenoxy) is 1. The van der Waals surface area contributed by atoms with Gasteiger partial charge in [0.25, 0.3) is 0 Å². The fourth-order valence-corrected chi connectivity index (χ4v) is 3.26. The number of nitrogens with zero attached hydrogens (tertiary/aromatic N) is 1. The molecule has 0 fully saturated rings. The molecule has 0 saturated heterocycles. The summed E-state index contributed by atoms with van der Waals surface area (Å²) < 4.78 is 6.34. The highest BCUT2D eigenvalue weighted by atomic mass is 79.9. The Hall–Kier alpha value is -0.750. The number of nitrogens with one attached hydrogen (secondary N) is 1. The SMILES string of the molecule is CCNCc1sc(Cc2ccc(Br)cc2)nc1COC. The quantitative estimate of drug-likeness (QED) is 0.821. The summed E-state index contributed by atoms with van der Waals surface area (Å²) in [6, 6.07) is 8.40. The third-order valence-electron chi connectivity index (χ3n) is 2.91. The third kappa shape index (κ3) is 4.38. The summed E-state index contributed by atoms with van der Waals surface area (Å²) in [5.74, 6) is 0. The second-order valence-electron chi connectivity index (χ2n) is 4.49. The largest absolute Gasteiger partial charge is 0.378 e. The van der Waals surface area contributed by atoms with Crippen molar-refractivity contribution in [3.05, 3.63) is 49.9 Å². The lowest BCUT2D eigenvalue weighted by molar-refractivity contribution is 0.181. The van der Waals surface area contributed by atoms with Crippen LogP contribution in [0.2, 0.25) is 0 Å². The second kappa shape index (κ2) is 7.88. The van der Waals surface area contributed by atoms with E-state index in [-0.39, 0.29) is 0 Å². The van der Waals surface area contributed by atoms with E-state index in [4.69, 9.17) is 9.72 Å². The van der Waals surface area contributed by atoms with Crippen molar-refractivity contribution in [2.24, 2.45) is 0 Å². The van der Waals surface area contributed by atoms with Crippen molar-refractivity contribution in [3.63, 3.8) is 0 Å². The zero-order valence-corrected chi connectivity index (χ0v) is 14.2. The van der Waals surface area contributed by atoms with Gasteiger partial charge >= 0.3 is 0 Å². The Morgan fingerprint density at radius 2 is 2.05 bits per heavy atom. The monoisotopic (exact) mass is 354 g/mol. The molecule has 0 bridgehead atoms.